The summed E-state index contributed by atoms with van der Waals surface area (Å²) >= 11 is 0. The minimum atomic E-state index is -0.464. The molecule has 2 fully saturated rings. The molecule has 144 valence electrons. The Hall–Kier alpha value is -2.93. The number of aromatic nitrogens is 3. The third kappa shape index (κ3) is 3.01. The zero-order chi connectivity index (χ0) is 19.1. The van der Waals surface area contributed by atoms with Crippen molar-refractivity contribution in [2.75, 3.05) is 23.7 Å². The zero-order valence-corrected chi connectivity index (χ0v) is 15.6. The third-order valence-electron chi connectivity index (χ3n) is 5.90. The fraction of sp³-hybridized carbons (Fsp3) is 0.333. The molecule has 2 aliphatic heterocycles. The second kappa shape index (κ2) is 6.91. The highest BCUT2D eigenvalue weighted by molar-refractivity contribution is 5.64. The molecule has 28 heavy (non-hydrogen) atoms. The summed E-state index contributed by atoms with van der Waals surface area (Å²) in [6, 6.07) is 12.6. The number of hydrogen-bond donors (Lipinski definition) is 2. The summed E-state index contributed by atoms with van der Waals surface area (Å²) in [5.74, 6) is 0.954. The smallest absolute Gasteiger partial charge is 0.128 e. The van der Waals surface area contributed by atoms with Crippen LogP contribution in [0.4, 0.5) is 15.9 Å². The molecule has 0 spiro atoms. The molecule has 0 radical (unpaired) electrons. The van der Waals surface area contributed by atoms with Crippen LogP contribution < -0.4 is 10.6 Å². The van der Waals surface area contributed by atoms with E-state index in [9.17, 15) is 4.39 Å². The highest BCUT2D eigenvalue weighted by atomic mass is 19.1. The number of rotatable bonds is 5. The fourth-order valence-electron chi connectivity index (χ4n) is 4.44. The van der Waals surface area contributed by atoms with Gasteiger partial charge in [0.2, 0.25) is 0 Å². The monoisotopic (exact) mass is 378 g/mol. The van der Waals surface area contributed by atoms with E-state index in [4.69, 9.17) is 5.73 Å². The first-order valence-corrected chi connectivity index (χ1v) is 9.61. The van der Waals surface area contributed by atoms with Gasteiger partial charge in [-0.05, 0) is 24.6 Å². The number of H-pyrrole nitrogens is 1. The van der Waals surface area contributed by atoms with E-state index in [1.54, 1.807) is 6.20 Å². The Bertz CT molecular complexity index is 952. The number of piperazine rings is 1. The van der Waals surface area contributed by atoms with Gasteiger partial charge in [0, 0.05) is 60.3 Å². The molecular weight excluding hydrogens is 355 g/mol. The number of halogens is 1. The Morgan fingerprint density at radius 1 is 1.07 bits per heavy atom. The topological polar surface area (TPSA) is 74.1 Å². The fourth-order valence-corrected chi connectivity index (χ4v) is 4.44. The average molecular weight is 378 g/mol. The highest BCUT2D eigenvalue weighted by Crippen LogP contribution is 2.35. The summed E-state index contributed by atoms with van der Waals surface area (Å²) in [5, 5.41) is 7.41. The molecule has 3 aromatic rings. The summed E-state index contributed by atoms with van der Waals surface area (Å²) in [5.41, 5.74) is 10.6. The van der Waals surface area contributed by atoms with Gasteiger partial charge in [-0.15, -0.1) is 0 Å². The molecule has 2 unspecified atom stereocenters. The first kappa shape index (κ1) is 17.2. The Kier molecular flexibility index (Phi) is 4.24. The van der Waals surface area contributed by atoms with Crippen LogP contribution in [0.1, 0.15) is 17.5 Å². The number of benzene rings is 1. The van der Waals surface area contributed by atoms with Gasteiger partial charge in [-0.25, -0.2) is 9.37 Å². The van der Waals surface area contributed by atoms with Crippen LogP contribution in [0.25, 0.3) is 11.3 Å². The number of hydrogen-bond acceptors (Lipinski definition) is 5. The van der Waals surface area contributed by atoms with E-state index in [-0.39, 0.29) is 0 Å². The Morgan fingerprint density at radius 3 is 2.61 bits per heavy atom. The normalized spacial score (nSPS) is 21.5. The van der Waals surface area contributed by atoms with Gasteiger partial charge in [0.05, 0.1) is 11.9 Å². The van der Waals surface area contributed by atoms with Crippen LogP contribution in [0.5, 0.6) is 0 Å². The molecule has 2 aromatic heterocycles. The van der Waals surface area contributed by atoms with E-state index in [1.165, 1.54) is 5.56 Å². The van der Waals surface area contributed by atoms with Crippen LogP contribution in [-0.2, 0) is 13.2 Å². The Morgan fingerprint density at radius 2 is 1.93 bits per heavy atom. The van der Waals surface area contributed by atoms with E-state index >= 15 is 0 Å². The van der Waals surface area contributed by atoms with Crippen LogP contribution in [0.15, 0.2) is 48.8 Å². The number of likely N-dealkylation sites (tertiary alicyclic amines) is 1. The van der Waals surface area contributed by atoms with E-state index in [2.05, 4.69) is 25.0 Å². The van der Waals surface area contributed by atoms with Crippen LogP contribution in [-0.4, -0.2) is 45.3 Å². The summed E-state index contributed by atoms with van der Waals surface area (Å²) in [4.78, 5) is 9.35. The van der Waals surface area contributed by atoms with Gasteiger partial charge in [-0.1, -0.05) is 18.2 Å². The van der Waals surface area contributed by atoms with E-state index in [0.717, 1.165) is 48.8 Å². The summed E-state index contributed by atoms with van der Waals surface area (Å²) in [6.45, 7) is 2.37. The third-order valence-corrected chi connectivity index (χ3v) is 5.90. The molecule has 3 N–H and O–H groups in total. The van der Waals surface area contributed by atoms with E-state index in [0.29, 0.717) is 17.6 Å². The van der Waals surface area contributed by atoms with Crippen molar-refractivity contribution in [3.8, 4) is 11.3 Å². The number of anilines is 2. The SMILES string of the molecule is Nc1ccc(-c2[nH]ncc2CN2CC3CC2CN3c2ccc(CF)cn2)cc1. The molecule has 5 rings (SSSR count). The van der Waals surface area contributed by atoms with Gasteiger partial charge in [0.15, 0.2) is 0 Å². The number of nitrogens with zero attached hydrogens (tertiary/aromatic N) is 4. The van der Waals surface area contributed by atoms with Crippen molar-refractivity contribution < 1.29 is 4.39 Å². The number of nitrogens with two attached hydrogens (primary N) is 1. The minimum absolute atomic E-state index is 0.459. The van der Waals surface area contributed by atoms with Gasteiger partial charge < -0.3 is 10.6 Å². The predicted molar refractivity (Wildman–Crippen MR) is 107 cm³/mol. The second-order valence-electron chi connectivity index (χ2n) is 7.68. The van der Waals surface area contributed by atoms with Gasteiger partial charge >= 0.3 is 0 Å². The van der Waals surface area contributed by atoms with E-state index < -0.39 is 6.67 Å². The van der Waals surface area contributed by atoms with Crippen LogP contribution in [0.2, 0.25) is 0 Å². The molecule has 0 aliphatic carbocycles. The number of alkyl halides is 1. The average Bonchev–Trinajstić information content (AvgIpc) is 3.45. The van der Waals surface area contributed by atoms with Crippen molar-refractivity contribution in [3.05, 3.63) is 59.9 Å². The Balaban J connectivity index is 1.28. The van der Waals surface area contributed by atoms with Crippen LogP contribution >= 0.6 is 0 Å². The van der Waals surface area contributed by atoms with Crippen molar-refractivity contribution in [1.29, 1.82) is 0 Å². The number of nitrogens with one attached hydrogen (secondary N) is 1. The lowest BCUT2D eigenvalue weighted by molar-refractivity contribution is 0.230. The van der Waals surface area contributed by atoms with Crippen molar-refractivity contribution in [2.45, 2.75) is 31.7 Å². The standard InChI is InChI=1S/C21H23FN6/c22-8-14-1-6-20(24-9-14)28-13-18-7-19(28)12-27(18)11-16-10-25-26-21(16)15-2-4-17(23)5-3-15/h1-6,9-10,18-19H,7-8,11-13,23H2,(H,25,26). The summed E-state index contributed by atoms with van der Waals surface area (Å²) in [7, 11) is 0. The molecule has 0 amide bonds. The maximum absolute atomic E-state index is 12.7. The van der Waals surface area contributed by atoms with Crippen molar-refractivity contribution in [3.63, 3.8) is 0 Å². The minimum Gasteiger partial charge on any atom is -0.399 e. The van der Waals surface area contributed by atoms with Crippen LogP contribution in [0, 0.1) is 0 Å². The quantitative estimate of drug-likeness (QED) is 0.668. The molecule has 2 bridgehead atoms. The van der Waals surface area contributed by atoms with Crippen molar-refractivity contribution in [2.24, 2.45) is 0 Å². The van der Waals surface area contributed by atoms with Gasteiger partial charge in [-0.2, -0.15) is 5.10 Å². The lowest BCUT2D eigenvalue weighted by Crippen LogP contribution is -2.46. The van der Waals surface area contributed by atoms with Gasteiger partial charge in [0.25, 0.3) is 0 Å². The van der Waals surface area contributed by atoms with Crippen molar-refractivity contribution in [1.82, 2.24) is 20.1 Å². The molecule has 7 heteroatoms. The molecule has 2 saturated heterocycles. The molecule has 2 atom stereocenters. The lowest BCUT2D eigenvalue weighted by atomic mass is 10.1. The molecular formula is C21H23FN6. The largest absolute Gasteiger partial charge is 0.399 e. The first-order chi connectivity index (χ1) is 13.7. The molecule has 4 heterocycles. The van der Waals surface area contributed by atoms with E-state index in [1.807, 2.05) is 42.6 Å². The lowest BCUT2D eigenvalue weighted by Gasteiger charge is -2.34. The Labute approximate surface area is 163 Å². The maximum Gasteiger partial charge on any atom is 0.128 e. The maximum atomic E-state index is 12.7. The summed E-state index contributed by atoms with van der Waals surface area (Å²) < 4.78 is 12.7. The number of aromatic amines is 1. The highest BCUT2D eigenvalue weighted by Gasteiger charge is 2.43. The second-order valence-corrected chi connectivity index (χ2v) is 7.68. The molecule has 2 aliphatic rings. The number of fused-ring (bicyclic) bond motifs is 2. The predicted octanol–water partition coefficient (Wildman–Crippen LogP) is 2.99. The molecule has 6 nitrogen and oxygen atoms in total. The molecule has 1 aromatic carbocycles. The number of nitrogen functional groups attached to an aromatic ring is 1. The van der Waals surface area contributed by atoms with Gasteiger partial charge in [0.1, 0.15) is 12.5 Å². The van der Waals surface area contributed by atoms with Crippen molar-refractivity contribution >= 4 is 11.5 Å². The molecule has 0 saturated carbocycles. The summed E-state index contributed by atoms with van der Waals surface area (Å²) in [6.07, 6.45) is 4.71. The number of pyridine rings is 1. The zero-order valence-electron chi connectivity index (χ0n) is 15.6. The van der Waals surface area contributed by atoms with Crippen LogP contribution in [0.3, 0.4) is 0 Å². The van der Waals surface area contributed by atoms with Gasteiger partial charge in [-0.3, -0.25) is 10.00 Å². The first-order valence-electron chi connectivity index (χ1n) is 9.61.